The second kappa shape index (κ2) is 8.77. The minimum absolute atomic E-state index is 0.181. The number of halogens is 1. The van der Waals surface area contributed by atoms with Crippen LogP contribution in [-0.2, 0) is 16.0 Å². The quantitative estimate of drug-likeness (QED) is 0.774. The second-order valence-electron chi connectivity index (χ2n) is 6.41. The van der Waals surface area contributed by atoms with Crippen molar-refractivity contribution in [1.82, 2.24) is 10.9 Å². The first-order chi connectivity index (χ1) is 13.0. The molecule has 3 rings (SSSR count). The number of carbonyl (C=O) groups is 2. The lowest BCUT2D eigenvalue weighted by Gasteiger charge is -2.30. The number of benzene rings is 2. The summed E-state index contributed by atoms with van der Waals surface area (Å²) in [5.41, 5.74) is 7.17. The number of rotatable bonds is 5. The Morgan fingerprint density at radius 2 is 2.00 bits per heavy atom. The van der Waals surface area contributed by atoms with Crippen molar-refractivity contribution in [2.24, 2.45) is 0 Å². The van der Waals surface area contributed by atoms with Crippen LogP contribution in [0.2, 0.25) is 5.02 Å². The maximum absolute atomic E-state index is 12.2. The van der Waals surface area contributed by atoms with E-state index < -0.39 is 12.0 Å². The zero-order chi connectivity index (χ0) is 19.2. The molecule has 1 unspecified atom stereocenters. The van der Waals surface area contributed by atoms with Gasteiger partial charge in [-0.1, -0.05) is 35.9 Å². The van der Waals surface area contributed by atoms with Gasteiger partial charge in [0.25, 0.3) is 11.8 Å². The Labute approximate surface area is 163 Å². The van der Waals surface area contributed by atoms with Crippen LogP contribution in [0.4, 0.5) is 5.69 Å². The zero-order valence-electron chi connectivity index (χ0n) is 15.1. The van der Waals surface area contributed by atoms with Gasteiger partial charge < -0.3 is 9.64 Å². The Hall–Kier alpha value is -2.73. The number of hydrazine groups is 1. The number of carbonyl (C=O) groups excluding carboxylic acids is 2. The van der Waals surface area contributed by atoms with Gasteiger partial charge in [-0.05, 0) is 49.6 Å². The van der Waals surface area contributed by atoms with Gasteiger partial charge >= 0.3 is 0 Å². The number of ether oxygens (including phenoxy) is 1. The predicted octanol–water partition coefficient (Wildman–Crippen LogP) is 2.71. The van der Waals surface area contributed by atoms with Crippen LogP contribution in [0.15, 0.2) is 48.5 Å². The minimum Gasteiger partial charge on any atom is -0.481 e. The first kappa shape index (κ1) is 19.0. The van der Waals surface area contributed by atoms with Gasteiger partial charge in [-0.2, -0.15) is 0 Å². The van der Waals surface area contributed by atoms with Crippen molar-refractivity contribution >= 4 is 29.1 Å². The van der Waals surface area contributed by atoms with E-state index in [9.17, 15) is 9.59 Å². The summed E-state index contributed by atoms with van der Waals surface area (Å²) in [6.07, 6.45) is 1.24. The van der Waals surface area contributed by atoms with Crippen molar-refractivity contribution in [1.29, 1.82) is 0 Å². The van der Waals surface area contributed by atoms with Crippen LogP contribution in [0, 0.1) is 0 Å². The summed E-state index contributed by atoms with van der Waals surface area (Å²) in [6.45, 7) is 2.59. The largest absolute Gasteiger partial charge is 0.481 e. The molecule has 0 radical (unpaired) electrons. The van der Waals surface area contributed by atoms with E-state index in [1.165, 1.54) is 5.56 Å². The molecule has 2 aromatic carbocycles. The highest BCUT2D eigenvalue weighted by Gasteiger charge is 2.20. The summed E-state index contributed by atoms with van der Waals surface area (Å²) in [5, 5.41) is 0.523. The maximum Gasteiger partial charge on any atom is 0.279 e. The number of amides is 2. The lowest BCUT2D eigenvalue weighted by atomic mass is 10.0. The van der Waals surface area contributed by atoms with Gasteiger partial charge in [-0.3, -0.25) is 20.4 Å². The number of aryl methyl sites for hydroxylation is 1. The smallest absolute Gasteiger partial charge is 0.279 e. The SMILES string of the molecule is CC(Oc1cccc(Cl)c1)C(=O)NNC(=O)CN1CCCc2ccccc21. The fourth-order valence-electron chi connectivity index (χ4n) is 3.02. The van der Waals surface area contributed by atoms with Crippen LogP contribution in [0.1, 0.15) is 18.9 Å². The van der Waals surface area contributed by atoms with Crippen molar-refractivity contribution < 1.29 is 14.3 Å². The number of fused-ring (bicyclic) bond motifs is 1. The van der Waals surface area contributed by atoms with Gasteiger partial charge in [0.1, 0.15) is 5.75 Å². The highest BCUT2D eigenvalue weighted by Crippen LogP contribution is 2.26. The number of nitrogens with one attached hydrogen (secondary N) is 2. The number of hydrogen-bond donors (Lipinski definition) is 2. The van der Waals surface area contributed by atoms with Gasteiger partial charge in [0.15, 0.2) is 6.10 Å². The molecular weight excluding hydrogens is 366 g/mol. The number of hydrogen-bond acceptors (Lipinski definition) is 4. The molecule has 2 N–H and O–H groups in total. The van der Waals surface area contributed by atoms with Crippen LogP contribution in [0.25, 0.3) is 0 Å². The zero-order valence-corrected chi connectivity index (χ0v) is 15.8. The molecule has 0 saturated carbocycles. The maximum atomic E-state index is 12.2. The van der Waals surface area contributed by atoms with Gasteiger partial charge in [0.05, 0.1) is 6.54 Å². The summed E-state index contributed by atoms with van der Waals surface area (Å²) < 4.78 is 5.53. The average Bonchev–Trinajstić information content (AvgIpc) is 2.66. The molecule has 0 bridgehead atoms. The molecule has 1 atom stereocenters. The Balaban J connectivity index is 1.48. The molecule has 2 aromatic rings. The summed E-state index contributed by atoms with van der Waals surface area (Å²) in [7, 11) is 0. The van der Waals surface area contributed by atoms with Crippen LogP contribution < -0.4 is 20.5 Å². The summed E-state index contributed by atoms with van der Waals surface area (Å²) in [5.74, 6) is -0.237. The van der Waals surface area contributed by atoms with Crippen LogP contribution in [0.3, 0.4) is 0 Å². The normalized spacial score (nSPS) is 14.1. The number of anilines is 1. The molecule has 7 heteroatoms. The second-order valence-corrected chi connectivity index (χ2v) is 6.85. The number of para-hydroxylation sites is 1. The van der Waals surface area contributed by atoms with Gasteiger partial charge in [-0.15, -0.1) is 0 Å². The summed E-state index contributed by atoms with van der Waals surface area (Å²) in [4.78, 5) is 26.4. The topological polar surface area (TPSA) is 70.7 Å². The molecular formula is C20H22ClN3O3. The Kier molecular flexibility index (Phi) is 6.19. The van der Waals surface area contributed by atoms with Crippen LogP contribution in [0.5, 0.6) is 5.75 Å². The third-order valence-corrected chi connectivity index (χ3v) is 4.58. The van der Waals surface area contributed by atoms with Crippen molar-refractivity contribution in [3.05, 3.63) is 59.1 Å². The van der Waals surface area contributed by atoms with Gasteiger partial charge in [0, 0.05) is 17.3 Å². The molecule has 1 aliphatic heterocycles. The predicted molar refractivity (Wildman–Crippen MR) is 105 cm³/mol. The van der Waals surface area contributed by atoms with E-state index in [4.69, 9.17) is 16.3 Å². The molecule has 2 amide bonds. The standard InChI is InChI=1S/C20H22ClN3O3/c1-14(27-17-9-4-8-16(21)12-17)20(26)23-22-19(25)13-24-11-5-7-15-6-2-3-10-18(15)24/h2-4,6,8-10,12,14H,5,7,11,13H2,1H3,(H,22,25)(H,23,26). The first-order valence-electron chi connectivity index (χ1n) is 8.86. The van der Waals surface area contributed by atoms with Crippen molar-refractivity contribution in [3.8, 4) is 5.75 Å². The van der Waals surface area contributed by atoms with Crippen molar-refractivity contribution in [2.75, 3.05) is 18.0 Å². The monoisotopic (exact) mass is 387 g/mol. The van der Waals surface area contributed by atoms with Gasteiger partial charge in [0.2, 0.25) is 0 Å². The van der Waals surface area contributed by atoms with Crippen LogP contribution >= 0.6 is 11.6 Å². The molecule has 1 aliphatic rings. The molecule has 1 heterocycles. The Bertz CT molecular complexity index is 828. The molecule has 6 nitrogen and oxygen atoms in total. The first-order valence-corrected chi connectivity index (χ1v) is 9.24. The highest BCUT2D eigenvalue weighted by atomic mass is 35.5. The Morgan fingerprint density at radius 1 is 1.19 bits per heavy atom. The summed E-state index contributed by atoms with van der Waals surface area (Å²) in [6, 6.07) is 14.9. The Morgan fingerprint density at radius 3 is 2.81 bits per heavy atom. The lowest BCUT2D eigenvalue weighted by Crippen LogP contribution is -2.50. The van der Waals surface area contributed by atoms with E-state index in [1.54, 1.807) is 31.2 Å². The van der Waals surface area contributed by atoms with E-state index in [2.05, 4.69) is 16.9 Å². The lowest BCUT2D eigenvalue weighted by molar-refractivity contribution is -0.132. The molecule has 0 aliphatic carbocycles. The van der Waals surface area contributed by atoms with Crippen LogP contribution in [-0.4, -0.2) is 31.0 Å². The minimum atomic E-state index is -0.778. The van der Waals surface area contributed by atoms with E-state index >= 15 is 0 Å². The third-order valence-electron chi connectivity index (χ3n) is 4.34. The van der Waals surface area contributed by atoms with Crippen molar-refractivity contribution in [3.63, 3.8) is 0 Å². The number of nitrogens with zero attached hydrogens (tertiary/aromatic N) is 1. The van der Waals surface area contributed by atoms with E-state index in [0.717, 1.165) is 25.1 Å². The molecule has 0 spiro atoms. The fraction of sp³-hybridized carbons (Fsp3) is 0.300. The van der Waals surface area contributed by atoms with E-state index in [-0.39, 0.29) is 12.5 Å². The molecule has 0 fully saturated rings. The van der Waals surface area contributed by atoms with Crippen molar-refractivity contribution in [2.45, 2.75) is 25.9 Å². The van der Waals surface area contributed by atoms with Gasteiger partial charge in [-0.25, -0.2) is 0 Å². The summed E-state index contributed by atoms with van der Waals surface area (Å²) >= 11 is 5.90. The average molecular weight is 388 g/mol. The molecule has 0 aromatic heterocycles. The van der Waals surface area contributed by atoms with E-state index in [0.29, 0.717) is 10.8 Å². The molecule has 142 valence electrons. The highest BCUT2D eigenvalue weighted by molar-refractivity contribution is 6.30. The molecule has 27 heavy (non-hydrogen) atoms. The third kappa shape index (κ3) is 5.14. The molecule has 0 saturated heterocycles. The fourth-order valence-corrected chi connectivity index (χ4v) is 3.20. The van der Waals surface area contributed by atoms with E-state index in [1.807, 2.05) is 23.1 Å².